The summed E-state index contributed by atoms with van der Waals surface area (Å²) in [5.41, 5.74) is 9.45. The molecule has 5 heteroatoms. The second-order valence-corrected chi connectivity index (χ2v) is 4.16. The second-order valence-electron chi connectivity index (χ2n) is 4.16. The first-order valence-electron chi connectivity index (χ1n) is 5.71. The molecule has 0 radical (unpaired) electrons. The zero-order valence-corrected chi connectivity index (χ0v) is 9.77. The molecule has 92 valence electrons. The van der Waals surface area contributed by atoms with Gasteiger partial charge in [0.15, 0.2) is 0 Å². The van der Waals surface area contributed by atoms with Crippen molar-refractivity contribution in [3.05, 3.63) is 35.9 Å². The van der Waals surface area contributed by atoms with Gasteiger partial charge in [-0.3, -0.25) is 20.5 Å². The van der Waals surface area contributed by atoms with Crippen molar-refractivity contribution in [3.8, 4) is 0 Å². The summed E-state index contributed by atoms with van der Waals surface area (Å²) in [5, 5.41) is 0. The molecular weight excluding hydrogens is 218 g/mol. The van der Waals surface area contributed by atoms with E-state index in [1.54, 1.807) is 0 Å². The predicted octanol–water partition coefficient (Wildman–Crippen LogP) is 0.347. The van der Waals surface area contributed by atoms with Gasteiger partial charge >= 0.3 is 0 Å². The number of hydrogen-bond donors (Lipinski definition) is 3. The predicted molar refractivity (Wildman–Crippen MR) is 63.5 cm³/mol. The quantitative estimate of drug-likeness (QED) is 0.659. The molecule has 1 heterocycles. The van der Waals surface area contributed by atoms with Crippen LogP contribution < -0.4 is 16.3 Å². The SMILES string of the molecule is CC1NNCC1C(=O)NOCc1ccccc1. The Bertz CT molecular complexity index is 369. The molecule has 1 fully saturated rings. The fourth-order valence-electron chi connectivity index (χ4n) is 1.77. The second kappa shape index (κ2) is 5.77. The zero-order valence-electron chi connectivity index (χ0n) is 9.77. The molecule has 5 nitrogen and oxygen atoms in total. The smallest absolute Gasteiger partial charge is 0.249 e. The van der Waals surface area contributed by atoms with Crippen molar-refractivity contribution < 1.29 is 9.63 Å². The van der Waals surface area contributed by atoms with Crippen LogP contribution in [0.2, 0.25) is 0 Å². The molecule has 2 unspecified atom stereocenters. The van der Waals surface area contributed by atoms with Crippen LogP contribution in [-0.2, 0) is 16.2 Å². The number of hydroxylamine groups is 1. The summed E-state index contributed by atoms with van der Waals surface area (Å²) in [6.07, 6.45) is 0. The Morgan fingerprint density at radius 1 is 1.47 bits per heavy atom. The highest BCUT2D eigenvalue weighted by molar-refractivity contribution is 5.78. The van der Waals surface area contributed by atoms with E-state index in [9.17, 15) is 4.79 Å². The van der Waals surface area contributed by atoms with E-state index in [-0.39, 0.29) is 17.9 Å². The molecule has 1 aromatic rings. The highest BCUT2D eigenvalue weighted by Gasteiger charge is 2.29. The first kappa shape index (κ1) is 12.0. The molecule has 3 N–H and O–H groups in total. The van der Waals surface area contributed by atoms with Gasteiger partial charge in [-0.1, -0.05) is 30.3 Å². The van der Waals surface area contributed by atoms with Gasteiger partial charge in [-0.25, -0.2) is 5.48 Å². The molecule has 0 aliphatic carbocycles. The lowest BCUT2D eigenvalue weighted by Gasteiger charge is -2.13. The van der Waals surface area contributed by atoms with Crippen LogP contribution in [0.15, 0.2) is 30.3 Å². The van der Waals surface area contributed by atoms with Crippen molar-refractivity contribution in [1.29, 1.82) is 0 Å². The van der Waals surface area contributed by atoms with E-state index in [2.05, 4.69) is 16.3 Å². The normalized spacial score (nSPS) is 23.6. The first-order valence-corrected chi connectivity index (χ1v) is 5.71. The monoisotopic (exact) mass is 235 g/mol. The number of carbonyl (C=O) groups is 1. The maximum absolute atomic E-state index is 11.7. The molecule has 0 spiro atoms. The average molecular weight is 235 g/mol. The van der Waals surface area contributed by atoms with Gasteiger partial charge in [0.1, 0.15) is 0 Å². The third kappa shape index (κ3) is 3.26. The minimum Gasteiger partial charge on any atom is -0.272 e. The van der Waals surface area contributed by atoms with Gasteiger partial charge in [-0.15, -0.1) is 0 Å². The molecule has 1 aromatic carbocycles. The minimum absolute atomic E-state index is 0.0917. The number of hydrazine groups is 1. The van der Waals surface area contributed by atoms with Gasteiger partial charge in [0, 0.05) is 12.6 Å². The topological polar surface area (TPSA) is 62.4 Å². The molecule has 17 heavy (non-hydrogen) atoms. The number of nitrogens with one attached hydrogen (secondary N) is 3. The molecule has 1 saturated heterocycles. The molecular formula is C12H17N3O2. The van der Waals surface area contributed by atoms with Crippen molar-refractivity contribution in [3.63, 3.8) is 0 Å². The van der Waals surface area contributed by atoms with Crippen molar-refractivity contribution in [2.24, 2.45) is 5.92 Å². The van der Waals surface area contributed by atoms with Crippen LogP contribution >= 0.6 is 0 Å². The number of rotatable bonds is 4. The lowest BCUT2D eigenvalue weighted by atomic mass is 10.0. The maximum Gasteiger partial charge on any atom is 0.249 e. The molecule has 2 atom stereocenters. The molecule has 0 aromatic heterocycles. The van der Waals surface area contributed by atoms with E-state index in [0.29, 0.717) is 13.2 Å². The Hall–Kier alpha value is -1.43. The van der Waals surface area contributed by atoms with Crippen LogP contribution in [0.4, 0.5) is 0 Å². The van der Waals surface area contributed by atoms with E-state index in [1.807, 2.05) is 37.3 Å². The summed E-state index contributed by atoms with van der Waals surface area (Å²) in [4.78, 5) is 16.9. The van der Waals surface area contributed by atoms with Crippen molar-refractivity contribution in [2.75, 3.05) is 6.54 Å². The number of benzene rings is 1. The largest absolute Gasteiger partial charge is 0.272 e. The molecule has 2 rings (SSSR count). The zero-order chi connectivity index (χ0) is 12.1. The molecule has 1 amide bonds. The molecule has 1 aliphatic rings. The average Bonchev–Trinajstić information content (AvgIpc) is 2.77. The van der Waals surface area contributed by atoms with Gasteiger partial charge in [0.05, 0.1) is 12.5 Å². The van der Waals surface area contributed by atoms with Crippen LogP contribution in [0.25, 0.3) is 0 Å². The van der Waals surface area contributed by atoms with Crippen LogP contribution in [0.5, 0.6) is 0 Å². The van der Waals surface area contributed by atoms with E-state index >= 15 is 0 Å². The van der Waals surface area contributed by atoms with E-state index in [1.165, 1.54) is 0 Å². The highest BCUT2D eigenvalue weighted by atomic mass is 16.6. The summed E-state index contributed by atoms with van der Waals surface area (Å²) in [7, 11) is 0. The highest BCUT2D eigenvalue weighted by Crippen LogP contribution is 2.07. The van der Waals surface area contributed by atoms with Gasteiger partial charge < -0.3 is 0 Å². The maximum atomic E-state index is 11.7. The Labute approximate surface area is 100 Å². The Morgan fingerprint density at radius 2 is 2.24 bits per heavy atom. The number of amides is 1. The summed E-state index contributed by atoms with van der Waals surface area (Å²) < 4.78 is 0. The fraction of sp³-hybridized carbons (Fsp3) is 0.417. The first-order chi connectivity index (χ1) is 8.27. The lowest BCUT2D eigenvalue weighted by Crippen LogP contribution is -2.37. The Balaban J connectivity index is 1.73. The Morgan fingerprint density at radius 3 is 2.88 bits per heavy atom. The molecule has 1 aliphatic heterocycles. The summed E-state index contributed by atoms with van der Waals surface area (Å²) in [5.74, 6) is -0.184. The minimum atomic E-state index is -0.0919. The van der Waals surface area contributed by atoms with Crippen molar-refractivity contribution in [1.82, 2.24) is 16.3 Å². The summed E-state index contributed by atoms with van der Waals surface area (Å²) >= 11 is 0. The lowest BCUT2D eigenvalue weighted by molar-refractivity contribution is -0.138. The third-order valence-electron chi connectivity index (χ3n) is 2.85. The van der Waals surface area contributed by atoms with E-state index < -0.39 is 0 Å². The van der Waals surface area contributed by atoms with Crippen LogP contribution in [0.3, 0.4) is 0 Å². The van der Waals surface area contributed by atoms with Crippen LogP contribution in [0.1, 0.15) is 12.5 Å². The summed E-state index contributed by atoms with van der Waals surface area (Å²) in [6.45, 7) is 2.97. The molecule has 0 saturated carbocycles. The fourth-order valence-corrected chi connectivity index (χ4v) is 1.77. The Kier molecular flexibility index (Phi) is 4.08. The van der Waals surface area contributed by atoms with Crippen LogP contribution in [0, 0.1) is 5.92 Å². The molecule has 0 bridgehead atoms. The van der Waals surface area contributed by atoms with Crippen molar-refractivity contribution >= 4 is 5.91 Å². The third-order valence-corrected chi connectivity index (χ3v) is 2.85. The van der Waals surface area contributed by atoms with Gasteiger partial charge in [0.25, 0.3) is 0 Å². The van der Waals surface area contributed by atoms with Gasteiger partial charge in [-0.2, -0.15) is 0 Å². The van der Waals surface area contributed by atoms with E-state index in [0.717, 1.165) is 5.56 Å². The van der Waals surface area contributed by atoms with Crippen LogP contribution in [-0.4, -0.2) is 18.5 Å². The van der Waals surface area contributed by atoms with Gasteiger partial charge in [-0.05, 0) is 12.5 Å². The standard InChI is InChI=1S/C12H17N3O2/c1-9-11(7-13-14-9)12(16)15-17-8-10-5-3-2-4-6-10/h2-6,9,11,13-14H,7-8H2,1H3,(H,15,16). The number of carbonyl (C=O) groups excluding carboxylic acids is 1. The van der Waals surface area contributed by atoms with Crippen molar-refractivity contribution in [2.45, 2.75) is 19.6 Å². The number of hydrogen-bond acceptors (Lipinski definition) is 4. The van der Waals surface area contributed by atoms with Gasteiger partial charge in [0.2, 0.25) is 5.91 Å². The summed E-state index contributed by atoms with van der Waals surface area (Å²) in [6, 6.07) is 9.84. The van der Waals surface area contributed by atoms with E-state index in [4.69, 9.17) is 4.84 Å².